The third-order valence-corrected chi connectivity index (χ3v) is 13.7. The van der Waals surface area contributed by atoms with Crippen molar-refractivity contribution in [3.63, 3.8) is 0 Å². The Bertz CT molecular complexity index is 805. The van der Waals surface area contributed by atoms with Crippen LogP contribution in [0.1, 0.15) is 120 Å². The molecule has 5 rings (SSSR count). The lowest BCUT2D eigenvalue weighted by molar-refractivity contribution is -0.192. The molecule has 0 aromatic carbocycles. The van der Waals surface area contributed by atoms with Crippen molar-refractivity contribution in [3.05, 3.63) is 11.6 Å². The van der Waals surface area contributed by atoms with Gasteiger partial charge in [0.2, 0.25) is 0 Å². The second kappa shape index (κ2) is 6.89. The Labute approximate surface area is 199 Å². The highest BCUT2D eigenvalue weighted by molar-refractivity contribution is 5.33. The summed E-state index contributed by atoms with van der Waals surface area (Å²) >= 11 is 0. The van der Waals surface area contributed by atoms with Gasteiger partial charge in [-0.15, -0.1) is 0 Å². The van der Waals surface area contributed by atoms with Gasteiger partial charge in [-0.25, -0.2) is 0 Å². The lowest BCUT2D eigenvalue weighted by Crippen LogP contribution is -2.64. The largest absolute Gasteiger partial charge is 0.396 e. The molecule has 1 nitrogen and oxygen atoms in total. The first-order valence-electron chi connectivity index (χ1n) is 14.1. The highest BCUT2D eigenvalue weighted by atomic mass is 16.3. The lowest BCUT2D eigenvalue weighted by atomic mass is 9.33. The average Bonchev–Trinajstić information content (AvgIpc) is 2.71. The molecule has 0 bridgehead atoms. The first-order valence-corrected chi connectivity index (χ1v) is 14.1. The van der Waals surface area contributed by atoms with Crippen LogP contribution in [0, 0.1) is 56.2 Å². The molecule has 4 fully saturated rings. The number of fused-ring (bicyclic) bond motifs is 7. The smallest absolute Gasteiger partial charge is 0.0493 e. The number of allylic oxidation sites excluding steroid dienone is 2. The molecule has 0 aromatic heterocycles. The summed E-state index contributed by atoms with van der Waals surface area (Å²) in [4.78, 5) is 0. The van der Waals surface area contributed by atoms with E-state index in [0.29, 0.717) is 39.6 Å². The topological polar surface area (TPSA) is 20.2 Å². The highest BCUT2D eigenvalue weighted by Gasteiger charge is 2.67. The Morgan fingerprint density at radius 2 is 1.53 bits per heavy atom. The van der Waals surface area contributed by atoms with Crippen LogP contribution in [0.4, 0.5) is 0 Å². The normalized spacial score (nSPS) is 53.8. The molecule has 1 heteroatoms. The van der Waals surface area contributed by atoms with Crippen LogP contribution in [0.2, 0.25) is 0 Å². The minimum absolute atomic E-state index is 0.160. The summed E-state index contributed by atoms with van der Waals surface area (Å²) in [7, 11) is 0. The first-order chi connectivity index (χ1) is 14.8. The van der Waals surface area contributed by atoms with Gasteiger partial charge in [0.05, 0.1) is 0 Å². The molecule has 0 aromatic rings. The van der Waals surface area contributed by atoms with Crippen LogP contribution in [0.5, 0.6) is 0 Å². The van der Waals surface area contributed by atoms with Crippen LogP contribution in [0.25, 0.3) is 0 Å². The fourth-order valence-corrected chi connectivity index (χ4v) is 10.8. The minimum Gasteiger partial charge on any atom is -0.396 e. The van der Waals surface area contributed by atoms with Crippen molar-refractivity contribution < 1.29 is 5.11 Å². The van der Waals surface area contributed by atoms with Gasteiger partial charge in [0.25, 0.3) is 0 Å². The van der Waals surface area contributed by atoms with Crippen LogP contribution in [0.3, 0.4) is 0 Å². The average molecular weight is 441 g/mol. The zero-order chi connectivity index (χ0) is 23.4. The van der Waals surface area contributed by atoms with Gasteiger partial charge in [-0.3, -0.25) is 0 Å². The standard InChI is InChI=1S/C31H52O/c1-21-11-13-28(6)24(27(21,4)5)12-14-30(8)25(28)10-9-22-23-19-26(2,3)15-17-31(23,20-32)18-16-29(22,30)7/h9,21,23-25,32H,10-20H2,1-8H3/t21-,23-,24?,25?,28-,29-,30+,31+/m0/s1. The molecule has 5 aliphatic rings. The van der Waals surface area contributed by atoms with Crippen LogP contribution in [-0.2, 0) is 0 Å². The Kier molecular flexibility index (Phi) is 5.05. The molecule has 0 heterocycles. The monoisotopic (exact) mass is 440 g/mol. The summed E-state index contributed by atoms with van der Waals surface area (Å²) in [5.74, 6) is 3.12. The van der Waals surface area contributed by atoms with E-state index in [-0.39, 0.29) is 5.41 Å². The summed E-state index contributed by atoms with van der Waals surface area (Å²) in [6.45, 7) is 21.2. The Morgan fingerprint density at radius 3 is 2.22 bits per heavy atom. The van der Waals surface area contributed by atoms with Crippen LogP contribution in [0.15, 0.2) is 11.6 Å². The first kappa shape index (κ1) is 23.4. The zero-order valence-corrected chi connectivity index (χ0v) is 22.6. The second-order valence-corrected chi connectivity index (χ2v) is 15.5. The maximum Gasteiger partial charge on any atom is 0.0493 e. The molecular formula is C31H52O. The van der Waals surface area contributed by atoms with Crippen molar-refractivity contribution in [2.24, 2.45) is 56.2 Å². The van der Waals surface area contributed by atoms with Gasteiger partial charge in [-0.05, 0) is 115 Å². The molecule has 5 aliphatic carbocycles. The molecule has 0 amide bonds. The number of hydrogen-bond donors (Lipinski definition) is 1. The predicted molar refractivity (Wildman–Crippen MR) is 135 cm³/mol. The van der Waals surface area contributed by atoms with E-state index in [1.807, 2.05) is 0 Å². The Balaban J connectivity index is 1.58. The van der Waals surface area contributed by atoms with E-state index in [2.05, 4.69) is 61.5 Å². The van der Waals surface area contributed by atoms with Crippen LogP contribution < -0.4 is 0 Å². The molecular weight excluding hydrogens is 388 g/mol. The van der Waals surface area contributed by atoms with E-state index in [1.165, 1.54) is 64.2 Å². The number of hydrogen-bond acceptors (Lipinski definition) is 1. The molecule has 0 radical (unpaired) electrons. The highest BCUT2D eigenvalue weighted by Crippen LogP contribution is 2.76. The van der Waals surface area contributed by atoms with E-state index in [1.54, 1.807) is 5.57 Å². The van der Waals surface area contributed by atoms with Crippen molar-refractivity contribution in [1.29, 1.82) is 0 Å². The predicted octanol–water partition coefficient (Wildman–Crippen LogP) is 8.42. The van der Waals surface area contributed by atoms with Gasteiger partial charge in [-0.2, -0.15) is 0 Å². The van der Waals surface area contributed by atoms with E-state index in [0.717, 1.165) is 17.8 Å². The molecule has 182 valence electrons. The number of aliphatic hydroxyl groups excluding tert-OH is 1. The summed E-state index contributed by atoms with van der Waals surface area (Å²) in [6, 6.07) is 0. The Hall–Kier alpha value is -0.300. The van der Waals surface area contributed by atoms with Gasteiger partial charge < -0.3 is 5.11 Å². The molecule has 8 atom stereocenters. The van der Waals surface area contributed by atoms with Gasteiger partial charge >= 0.3 is 0 Å². The van der Waals surface area contributed by atoms with E-state index < -0.39 is 0 Å². The zero-order valence-electron chi connectivity index (χ0n) is 22.6. The van der Waals surface area contributed by atoms with Crippen molar-refractivity contribution in [1.82, 2.24) is 0 Å². The molecule has 0 saturated heterocycles. The van der Waals surface area contributed by atoms with Crippen molar-refractivity contribution >= 4 is 0 Å². The summed E-state index contributed by atoms with van der Waals surface area (Å²) in [6.07, 6.45) is 16.0. The van der Waals surface area contributed by atoms with Gasteiger partial charge in [0.1, 0.15) is 0 Å². The van der Waals surface area contributed by atoms with Gasteiger partial charge in [0, 0.05) is 12.0 Å². The van der Waals surface area contributed by atoms with E-state index >= 15 is 0 Å². The fourth-order valence-electron chi connectivity index (χ4n) is 10.8. The maximum atomic E-state index is 10.7. The number of rotatable bonds is 1. The molecule has 0 spiro atoms. The minimum atomic E-state index is 0.160. The molecule has 32 heavy (non-hydrogen) atoms. The van der Waals surface area contributed by atoms with Crippen molar-refractivity contribution in [3.8, 4) is 0 Å². The summed E-state index contributed by atoms with van der Waals surface area (Å²) < 4.78 is 0. The van der Waals surface area contributed by atoms with Crippen molar-refractivity contribution in [2.75, 3.05) is 6.61 Å². The van der Waals surface area contributed by atoms with Crippen LogP contribution in [-0.4, -0.2) is 11.7 Å². The lowest BCUT2D eigenvalue weighted by Gasteiger charge is -2.71. The summed E-state index contributed by atoms with van der Waals surface area (Å²) in [5.41, 5.74) is 4.02. The third kappa shape index (κ3) is 2.79. The number of aliphatic hydroxyl groups is 1. The molecule has 0 aliphatic heterocycles. The molecule has 4 saturated carbocycles. The molecule has 1 N–H and O–H groups in total. The van der Waals surface area contributed by atoms with Gasteiger partial charge in [0.15, 0.2) is 0 Å². The SMILES string of the molecule is C[C@H]1CC[C@@]2(C)C(CC[C@]3(C)C2CC=C2[C@@H]4CC(C)(C)CC[C@]4(CO)CC[C@@]23C)C1(C)C. The fraction of sp³-hybridized carbons (Fsp3) is 0.935. The summed E-state index contributed by atoms with van der Waals surface area (Å²) in [5, 5.41) is 10.7. The van der Waals surface area contributed by atoms with Crippen LogP contribution >= 0.6 is 0 Å². The molecule has 2 unspecified atom stereocenters. The second-order valence-electron chi connectivity index (χ2n) is 15.5. The maximum absolute atomic E-state index is 10.7. The Morgan fingerprint density at radius 1 is 0.844 bits per heavy atom. The van der Waals surface area contributed by atoms with E-state index in [4.69, 9.17) is 0 Å². The van der Waals surface area contributed by atoms with E-state index in [9.17, 15) is 5.11 Å². The third-order valence-electron chi connectivity index (χ3n) is 13.7. The van der Waals surface area contributed by atoms with Crippen molar-refractivity contribution in [2.45, 2.75) is 120 Å². The quantitative estimate of drug-likeness (QED) is 0.406. The van der Waals surface area contributed by atoms with Gasteiger partial charge in [-0.1, -0.05) is 67.0 Å².